The first-order chi connectivity index (χ1) is 30.6. The van der Waals surface area contributed by atoms with E-state index >= 15 is 0 Å². The van der Waals surface area contributed by atoms with E-state index in [0.717, 1.165) is 27.8 Å². The normalized spacial score (nSPS) is 26.3. The Kier molecular flexibility index (Phi) is 18.0. The maximum absolute atomic E-state index is 11.9. The molecule has 2 fully saturated rings. The number of ether oxygens (including phenoxy) is 10. The molecule has 0 bridgehead atoms. The smallest absolute Gasteiger partial charge is 0.187 e. The molecule has 2 aliphatic heterocycles. The molecule has 0 aromatic heterocycles. The van der Waals surface area contributed by atoms with Gasteiger partial charge in [0, 0.05) is 13.7 Å². The standard InChI is InChI=1S/C51H60O11/c1-3-29-56-46-44(52)42(35-54-30-37-19-9-4-10-20-37)60-50(53-2)49(46)62-51-48(59-34-41-27-17-8-18-28-41)47(58-33-40-25-15-7-16-26-40)45(57-32-39-23-13-6-14-24-39)43(61-51)36-55-31-38-21-11-5-12-22-38/h4-28,42-52H,3,29-36H2,1-2H3/t42?,43?,44-,45-,46+,47+,48?,49?,50-,51-/m1/s1. The fourth-order valence-corrected chi connectivity index (χ4v) is 7.69. The van der Waals surface area contributed by atoms with Crippen LogP contribution in [0.1, 0.15) is 41.2 Å². The van der Waals surface area contributed by atoms with E-state index in [-0.39, 0.29) is 26.4 Å². The number of rotatable bonds is 23. The first-order valence-corrected chi connectivity index (χ1v) is 21.6. The van der Waals surface area contributed by atoms with Crippen LogP contribution in [-0.2, 0) is 80.4 Å². The Bertz CT molecular complexity index is 1940. The Balaban J connectivity index is 1.20. The van der Waals surface area contributed by atoms with Crippen LogP contribution in [0.4, 0.5) is 0 Å². The number of hydrogen-bond acceptors (Lipinski definition) is 11. The summed E-state index contributed by atoms with van der Waals surface area (Å²) in [5.74, 6) is 0. The lowest BCUT2D eigenvalue weighted by molar-refractivity contribution is -0.378. The summed E-state index contributed by atoms with van der Waals surface area (Å²) in [6.07, 6.45) is -7.99. The molecule has 0 aliphatic carbocycles. The van der Waals surface area contributed by atoms with Crippen LogP contribution in [0.2, 0.25) is 0 Å². The molecule has 0 amide bonds. The van der Waals surface area contributed by atoms with E-state index in [0.29, 0.717) is 32.8 Å². The average molecular weight is 849 g/mol. The topological polar surface area (TPSA) is 113 Å². The maximum atomic E-state index is 11.9. The summed E-state index contributed by atoms with van der Waals surface area (Å²) in [5, 5.41) is 11.9. The lowest BCUT2D eigenvalue weighted by atomic mass is 9.96. The van der Waals surface area contributed by atoms with Crippen molar-refractivity contribution in [3.8, 4) is 0 Å². The van der Waals surface area contributed by atoms with Gasteiger partial charge in [-0.15, -0.1) is 0 Å². The summed E-state index contributed by atoms with van der Waals surface area (Å²) in [7, 11) is 1.54. The van der Waals surface area contributed by atoms with E-state index in [4.69, 9.17) is 47.4 Å². The summed E-state index contributed by atoms with van der Waals surface area (Å²) in [6, 6.07) is 49.7. The van der Waals surface area contributed by atoms with E-state index < -0.39 is 61.4 Å². The molecule has 4 unspecified atom stereocenters. The molecule has 5 aromatic rings. The minimum Gasteiger partial charge on any atom is -0.387 e. The van der Waals surface area contributed by atoms with Crippen LogP contribution in [0.15, 0.2) is 152 Å². The van der Waals surface area contributed by atoms with Gasteiger partial charge in [0.2, 0.25) is 0 Å². The monoisotopic (exact) mass is 848 g/mol. The summed E-state index contributed by atoms with van der Waals surface area (Å²) in [5.41, 5.74) is 4.96. The Morgan fingerprint density at radius 3 is 1.29 bits per heavy atom. The van der Waals surface area contributed by atoms with Crippen molar-refractivity contribution in [1.29, 1.82) is 0 Å². The largest absolute Gasteiger partial charge is 0.387 e. The van der Waals surface area contributed by atoms with Crippen molar-refractivity contribution in [3.05, 3.63) is 179 Å². The molecule has 1 N–H and O–H groups in total. The molecule has 62 heavy (non-hydrogen) atoms. The number of benzene rings is 5. The fraction of sp³-hybridized carbons (Fsp3) is 0.412. The van der Waals surface area contributed by atoms with Gasteiger partial charge in [0.05, 0.1) is 46.2 Å². The Labute approximate surface area is 365 Å². The minimum atomic E-state index is -1.13. The zero-order valence-electron chi connectivity index (χ0n) is 35.6. The van der Waals surface area contributed by atoms with Crippen LogP contribution in [0.3, 0.4) is 0 Å². The SMILES string of the molecule is CCCO[C@@H]1C(O[C@H]2OC(COCc3ccccc3)[C@@H](OCc3ccccc3)[C@H](OCc3ccccc3)C2OCc2ccccc2)[C@H](OC)OC(COCc2ccccc2)[C@H]1O. The van der Waals surface area contributed by atoms with Gasteiger partial charge in [-0.1, -0.05) is 159 Å². The molecule has 0 radical (unpaired) electrons. The highest BCUT2D eigenvalue weighted by Crippen LogP contribution is 2.35. The van der Waals surface area contributed by atoms with Crippen molar-refractivity contribution in [1.82, 2.24) is 0 Å². The van der Waals surface area contributed by atoms with Crippen LogP contribution >= 0.6 is 0 Å². The number of aliphatic hydroxyl groups excluding tert-OH is 1. The van der Waals surface area contributed by atoms with Crippen LogP contribution in [0.5, 0.6) is 0 Å². The van der Waals surface area contributed by atoms with E-state index in [9.17, 15) is 5.11 Å². The summed E-state index contributed by atoms with van der Waals surface area (Å²) < 4.78 is 65.8. The first-order valence-electron chi connectivity index (χ1n) is 21.6. The average Bonchev–Trinajstić information content (AvgIpc) is 3.32. The van der Waals surface area contributed by atoms with Gasteiger partial charge in [-0.05, 0) is 34.2 Å². The maximum Gasteiger partial charge on any atom is 0.187 e. The zero-order valence-corrected chi connectivity index (χ0v) is 35.6. The van der Waals surface area contributed by atoms with Gasteiger partial charge in [-0.2, -0.15) is 0 Å². The van der Waals surface area contributed by atoms with E-state index in [1.54, 1.807) is 7.11 Å². The number of hydrogen-bond donors (Lipinski definition) is 1. The summed E-state index contributed by atoms with van der Waals surface area (Å²) in [4.78, 5) is 0. The molecular weight excluding hydrogens is 789 g/mol. The molecule has 330 valence electrons. The molecule has 11 heteroatoms. The lowest BCUT2D eigenvalue weighted by Gasteiger charge is -2.49. The quantitative estimate of drug-likeness (QED) is 0.0695. The third kappa shape index (κ3) is 13.1. The molecule has 11 nitrogen and oxygen atoms in total. The van der Waals surface area contributed by atoms with Crippen molar-refractivity contribution < 1.29 is 52.5 Å². The van der Waals surface area contributed by atoms with Gasteiger partial charge in [-0.3, -0.25) is 0 Å². The summed E-state index contributed by atoms with van der Waals surface area (Å²) >= 11 is 0. The minimum absolute atomic E-state index is 0.105. The van der Waals surface area contributed by atoms with Crippen molar-refractivity contribution in [2.75, 3.05) is 26.9 Å². The van der Waals surface area contributed by atoms with Gasteiger partial charge >= 0.3 is 0 Å². The van der Waals surface area contributed by atoms with E-state index in [2.05, 4.69) is 0 Å². The van der Waals surface area contributed by atoms with Gasteiger partial charge in [0.1, 0.15) is 48.8 Å². The van der Waals surface area contributed by atoms with Gasteiger partial charge in [0.15, 0.2) is 12.6 Å². The number of aliphatic hydroxyl groups is 1. The molecule has 2 heterocycles. The van der Waals surface area contributed by atoms with E-state index in [1.807, 2.05) is 159 Å². The second-order valence-electron chi connectivity index (χ2n) is 15.5. The summed E-state index contributed by atoms with van der Waals surface area (Å²) in [6.45, 7) is 4.14. The third-order valence-corrected chi connectivity index (χ3v) is 10.9. The Morgan fingerprint density at radius 1 is 0.435 bits per heavy atom. The van der Waals surface area contributed by atoms with Crippen LogP contribution in [0, 0.1) is 0 Å². The number of methoxy groups -OCH3 is 1. The predicted molar refractivity (Wildman–Crippen MR) is 232 cm³/mol. The molecule has 0 saturated carbocycles. The molecule has 2 saturated heterocycles. The molecule has 0 spiro atoms. The third-order valence-electron chi connectivity index (χ3n) is 10.9. The van der Waals surface area contributed by atoms with Crippen molar-refractivity contribution >= 4 is 0 Å². The molecule has 7 rings (SSSR count). The Hall–Kier alpha value is -4.34. The fourth-order valence-electron chi connectivity index (χ4n) is 7.69. The highest BCUT2D eigenvalue weighted by molar-refractivity contribution is 5.17. The van der Waals surface area contributed by atoms with Crippen LogP contribution in [0.25, 0.3) is 0 Å². The van der Waals surface area contributed by atoms with E-state index in [1.165, 1.54) is 0 Å². The highest BCUT2D eigenvalue weighted by atomic mass is 16.8. The van der Waals surface area contributed by atoms with Crippen LogP contribution in [-0.4, -0.2) is 93.4 Å². The molecule has 5 aromatic carbocycles. The molecule has 2 aliphatic rings. The van der Waals surface area contributed by atoms with Crippen molar-refractivity contribution in [2.45, 2.75) is 108 Å². The van der Waals surface area contributed by atoms with Crippen molar-refractivity contribution in [2.24, 2.45) is 0 Å². The lowest BCUT2D eigenvalue weighted by Crippen LogP contribution is -2.66. The first kappa shape index (κ1) is 45.7. The van der Waals surface area contributed by atoms with Crippen molar-refractivity contribution in [3.63, 3.8) is 0 Å². The Morgan fingerprint density at radius 2 is 0.839 bits per heavy atom. The highest BCUT2D eigenvalue weighted by Gasteiger charge is 2.54. The van der Waals surface area contributed by atoms with Gasteiger partial charge in [-0.25, -0.2) is 0 Å². The van der Waals surface area contributed by atoms with Crippen LogP contribution < -0.4 is 0 Å². The van der Waals surface area contributed by atoms with Gasteiger partial charge in [0.25, 0.3) is 0 Å². The molecule has 10 atom stereocenters. The second-order valence-corrected chi connectivity index (χ2v) is 15.5. The molecular formula is C51H60O11. The second kappa shape index (κ2) is 24.5. The zero-order chi connectivity index (χ0) is 42.8. The predicted octanol–water partition coefficient (Wildman–Crippen LogP) is 7.81. The van der Waals surface area contributed by atoms with Gasteiger partial charge < -0.3 is 52.5 Å².